The first kappa shape index (κ1) is 12.1. The zero-order valence-corrected chi connectivity index (χ0v) is 11.7. The molecule has 2 fully saturated rings. The average molecular weight is 268 g/mol. The molecule has 4 heterocycles. The van der Waals surface area contributed by atoms with Crippen molar-refractivity contribution in [2.45, 2.75) is 19.3 Å². The lowest BCUT2D eigenvalue weighted by atomic mass is 9.79. The Balaban J connectivity index is 1.72. The molecule has 4 heteroatoms. The van der Waals surface area contributed by atoms with Crippen molar-refractivity contribution in [1.82, 2.24) is 15.3 Å². The number of piperidine rings is 1. The Morgan fingerprint density at radius 1 is 1.20 bits per heavy atom. The SMILES string of the molecule is c1cc2nccc(N3CCCC4(CCNC4)C3)c2cn1. The molecule has 0 amide bonds. The summed E-state index contributed by atoms with van der Waals surface area (Å²) in [6.45, 7) is 4.65. The second-order valence-corrected chi connectivity index (χ2v) is 6.17. The molecule has 0 bridgehead atoms. The highest BCUT2D eigenvalue weighted by Gasteiger charge is 2.38. The molecular weight excluding hydrogens is 248 g/mol. The first-order chi connectivity index (χ1) is 9.86. The van der Waals surface area contributed by atoms with Gasteiger partial charge in [0.25, 0.3) is 0 Å². The lowest BCUT2D eigenvalue weighted by Crippen LogP contribution is -2.44. The molecule has 2 aliphatic rings. The molecule has 4 nitrogen and oxygen atoms in total. The smallest absolute Gasteiger partial charge is 0.0753 e. The average Bonchev–Trinajstić information content (AvgIpc) is 2.94. The summed E-state index contributed by atoms with van der Waals surface area (Å²) in [4.78, 5) is 11.3. The standard InChI is InChI=1S/C16H20N4/c1-4-16(5-8-18-11-16)12-20(9-1)15-3-7-19-14-2-6-17-10-13(14)15/h2-3,6-7,10,18H,1,4-5,8-9,11-12H2. The Morgan fingerprint density at radius 2 is 2.20 bits per heavy atom. The molecule has 1 spiro atoms. The summed E-state index contributed by atoms with van der Waals surface area (Å²) in [7, 11) is 0. The Morgan fingerprint density at radius 3 is 3.10 bits per heavy atom. The fourth-order valence-electron chi connectivity index (χ4n) is 3.81. The molecule has 1 N–H and O–H groups in total. The molecule has 4 rings (SSSR count). The van der Waals surface area contributed by atoms with Gasteiger partial charge in [-0.2, -0.15) is 0 Å². The monoisotopic (exact) mass is 268 g/mol. The Hall–Kier alpha value is -1.68. The van der Waals surface area contributed by atoms with Crippen LogP contribution in [-0.2, 0) is 0 Å². The highest BCUT2D eigenvalue weighted by Crippen LogP contribution is 2.38. The third-order valence-corrected chi connectivity index (χ3v) is 4.85. The van der Waals surface area contributed by atoms with E-state index < -0.39 is 0 Å². The number of rotatable bonds is 1. The summed E-state index contributed by atoms with van der Waals surface area (Å²) in [6, 6.07) is 4.14. The van der Waals surface area contributed by atoms with Gasteiger partial charge in [0, 0.05) is 54.7 Å². The quantitative estimate of drug-likeness (QED) is 0.861. The van der Waals surface area contributed by atoms with Crippen LogP contribution in [0.4, 0.5) is 5.69 Å². The Labute approximate surface area is 119 Å². The van der Waals surface area contributed by atoms with Gasteiger partial charge in [-0.25, -0.2) is 0 Å². The lowest BCUT2D eigenvalue weighted by molar-refractivity contribution is 0.261. The van der Waals surface area contributed by atoms with E-state index in [9.17, 15) is 0 Å². The van der Waals surface area contributed by atoms with Gasteiger partial charge in [-0.3, -0.25) is 9.97 Å². The zero-order chi connectivity index (χ0) is 13.4. The molecule has 0 aliphatic carbocycles. The van der Waals surface area contributed by atoms with Crippen LogP contribution in [0.15, 0.2) is 30.7 Å². The minimum Gasteiger partial charge on any atom is -0.370 e. The molecule has 1 unspecified atom stereocenters. The van der Waals surface area contributed by atoms with Crippen molar-refractivity contribution >= 4 is 16.6 Å². The lowest BCUT2D eigenvalue weighted by Gasteiger charge is -2.41. The summed E-state index contributed by atoms with van der Waals surface area (Å²) in [5, 5.41) is 4.72. The van der Waals surface area contributed by atoms with E-state index in [1.165, 1.54) is 43.4 Å². The van der Waals surface area contributed by atoms with Crippen molar-refractivity contribution in [2.24, 2.45) is 5.41 Å². The summed E-state index contributed by atoms with van der Waals surface area (Å²) in [6.07, 6.45) is 9.64. The molecule has 2 aromatic rings. The van der Waals surface area contributed by atoms with Gasteiger partial charge in [0.05, 0.1) is 5.52 Å². The highest BCUT2D eigenvalue weighted by atomic mass is 15.2. The third-order valence-electron chi connectivity index (χ3n) is 4.85. The van der Waals surface area contributed by atoms with Gasteiger partial charge in [-0.1, -0.05) is 0 Å². The van der Waals surface area contributed by atoms with Gasteiger partial charge in [0.1, 0.15) is 0 Å². The van der Waals surface area contributed by atoms with Crippen molar-refractivity contribution in [3.63, 3.8) is 0 Å². The van der Waals surface area contributed by atoms with Crippen LogP contribution in [-0.4, -0.2) is 36.1 Å². The number of fused-ring (bicyclic) bond motifs is 1. The Kier molecular flexibility index (Phi) is 2.84. The van der Waals surface area contributed by atoms with Crippen LogP contribution in [0.5, 0.6) is 0 Å². The minimum absolute atomic E-state index is 0.482. The summed E-state index contributed by atoms with van der Waals surface area (Å²) < 4.78 is 0. The van der Waals surface area contributed by atoms with Gasteiger partial charge < -0.3 is 10.2 Å². The van der Waals surface area contributed by atoms with Gasteiger partial charge in [0.15, 0.2) is 0 Å². The molecule has 2 saturated heterocycles. The number of hydrogen-bond acceptors (Lipinski definition) is 4. The van der Waals surface area contributed by atoms with Crippen LogP contribution in [0.25, 0.3) is 10.9 Å². The third kappa shape index (κ3) is 1.95. The van der Waals surface area contributed by atoms with E-state index >= 15 is 0 Å². The number of anilines is 1. The maximum atomic E-state index is 4.45. The first-order valence-electron chi connectivity index (χ1n) is 7.51. The van der Waals surface area contributed by atoms with E-state index in [0.29, 0.717) is 5.41 Å². The molecular formula is C16H20N4. The minimum atomic E-state index is 0.482. The van der Waals surface area contributed by atoms with Gasteiger partial charge in [0.2, 0.25) is 0 Å². The fraction of sp³-hybridized carbons (Fsp3) is 0.500. The highest BCUT2D eigenvalue weighted by molar-refractivity contribution is 5.90. The van der Waals surface area contributed by atoms with E-state index in [0.717, 1.165) is 18.6 Å². The summed E-state index contributed by atoms with van der Waals surface area (Å²) in [5.41, 5.74) is 2.83. The van der Waals surface area contributed by atoms with E-state index in [1.54, 1.807) is 0 Å². The molecule has 20 heavy (non-hydrogen) atoms. The summed E-state index contributed by atoms with van der Waals surface area (Å²) >= 11 is 0. The van der Waals surface area contributed by atoms with Gasteiger partial charge in [-0.15, -0.1) is 0 Å². The normalized spacial score (nSPS) is 26.5. The van der Waals surface area contributed by atoms with Crippen LogP contribution < -0.4 is 10.2 Å². The van der Waals surface area contributed by atoms with Crippen LogP contribution >= 0.6 is 0 Å². The molecule has 104 valence electrons. The van der Waals surface area contributed by atoms with Crippen LogP contribution in [0.2, 0.25) is 0 Å². The number of nitrogens with one attached hydrogen (secondary N) is 1. The van der Waals surface area contributed by atoms with Crippen molar-refractivity contribution in [3.05, 3.63) is 30.7 Å². The second-order valence-electron chi connectivity index (χ2n) is 6.17. The van der Waals surface area contributed by atoms with Gasteiger partial charge in [-0.05, 0) is 37.9 Å². The first-order valence-corrected chi connectivity index (χ1v) is 7.51. The van der Waals surface area contributed by atoms with Gasteiger partial charge >= 0.3 is 0 Å². The fourth-order valence-corrected chi connectivity index (χ4v) is 3.81. The van der Waals surface area contributed by atoms with Crippen LogP contribution in [0, 0.1) is 5.41 Å². The predicted molar refractivity (Wildman–Crippen MR) is 80.9 cm³/mol. The number of aromatic nitrogens is 2. The number of pyridine rings is 2. The van der Waals surface area contributed by atoms with E-state index in [2.05, 4.69) is 26.3 Å². The van der Waals surface area contributed by atoms with Crippen LogP contribution in [0.1, 0.15) is 19.3 Å². The molecule has 2 aliphatic heterocycles. The van der Waals surface area contributed by atoms with E-state index in [1.807, 2.05) is 24.7 Å². The molecule has 0 radical (unpaired) electrons. The summed E-state index contributed by atoms with van der Waals surface area (Å²) in [5.74, 6) is 0. The predicted octanol–water partition coefficient (Wildman–Crippen LogP) is 2.21. The van der Waals surface area contributed by atoms with E-state index in [-0.39, 0.29) is 0 Å². The van der Waals surface area contributed by atoms with Crippen molar-refractivity contribution < 1.29 is 0 Å². The molecule has 0 saturated carbocycles. The maximum Gasteiger partial charge on any atom is 0.0753 e. The maximum absolute atomic E-state index is 4.45. The largest absolute Gasteiger partial charge is 0.370 e. The zero-order valence-electron chi connectivity index (χ0n) is 11.7. The van der Waals surface area contributed by atoms with Crippen molar-refractivity contribution in [1.29, 1.82) is 0 Å². The molecule has 0 aromatic carbocycles. The number of nitrogens with zero attached hydrogens (tertiary/aromatic N) is 3. The topological polar surface area (TPSA) is 41.1 Å². The Bertz CT molecular complexity index is 613. The second kappa shape index (κ2) is 4.70. The molecule has 1 atom stereocenters. The van der Waals surface area contributed by atoms with Crippen molar-refractivity contribution in [3.8, 4) is 0 Å². The van der Waals surface area contributed by atoms with Crippen LogP contribution in [0.3, 0.4) is 0 Å². The van der Waals surface area contributed by atoms with E-state index in [4.69, 9.17) is 0 Å². The molecule has 2 aromatic heterocycles. The van der Waals surface area contributed by atoms with Crippen molar-refractivity contribution in [2.75, 3.05) is 31.1 Å². The number of hydrogen-bond donors (Lipinski definition) is 1.